The standard InChI is InChI=1S/C15H24FN3O/c1-11(10-19-7-5-15(2,20)6-8-19)14(17)13-4-3-12(16)9-18-13/h3-4,9,11,14,20H,5-8,10,17H2,1-2H3. The van der Waals surface area contributed by atoms with Crippen molar-refractivity contribution in [2.24, 2.45) is 11.7 Å². The lowest BCUT2D eigenvalue weighted by Crippen LogP contribution is -2.45. The van der Waals surface area contributed by atoms with Gasteiger partial charge in [0.25, 0.3) is 0 Å². The molecule has 112 valence electrons. The van der Waals surface area contributed by atoms with Crippen LogP contribution >= 0.6 is 0 Å². The normalized spacial score (nSPS) is 22.4. The lowest BCUT2D eigenvalue weighted by atomic mass is 9.92. The van der Waals surface area contributed by atoms with Crippen molar-refractivity contribution < 1.29 is 9.50 Å². The molecule has 0 amide bonds. The summed E-state index contributed by atoms with van der Waals surface area (Å²) >= 11 is 0. The second-order valence-electron chi connectivity index (χ2n) is 6.20. The fraction of sp³-hybridized carbons (Fsp3) is 0.667. The van der Waals surface area contributed by atoms with E-state index in [9.17, 15) is 9.50 Å². The number of piperidine rings is 1. The Morgan fingerprint density at radius 2 is 2.10 bits per heavy atom. The molecule has 1 aromatic heterocycles. The molecule has 0 spiro atoms. The average molecular weight is 281 g/mol. The number of nitrogens with zero attached hydrogens (tertiary/aromatic N) is 2. The number of hydrogen-bond acceptors (Lipinski definition) is 4. The Morgan fingerprint density at radius 3 is 2.65 bits per heavy atom. The fourth-order valence-corrected chi connectivity index (χ4v) is 2.61. The Morgan fingerprint density at radius 1 is 1.45 bits per heavy atom. The maximum Gasteiger partial charge on any atom is 0.141 e. The quantitative estimate of drug-likeness (QED) is 0.882. The second kappa shape index (κ2) is 6.16. The van der Waals surface area contributed by atoms with Crippen LogP contribution in [0.5, 0.6) is 0 Å². The zero-order chi connectivity index (χ0) is 14.8. The molecule has 1 aliphatic rings. The van der Waals surface area contributed by atoms with Gasteiger partial charge in [0.15, 0.2) is 0 Å². The van der Waals surface area contributed by atoms with E-state index in [-0.39, 0.29) is 17.8 Å². The van der Waals surface area contributed by atoms with Crippen LogP contribution in [0, 0.1) is 11.7 Å². The third-order valence-corrected chi connectivity index (χ3v) is 4.18. The molecule has 0 aliphatic carbocycles. The van der Waals surface area contributed by atoms with E-state index in [0.717, 1.165) is 38.2 Å². The van der Waals surface area contributed by atoms with E-state index in [1.54, 1.807) is 6.07 Å². The van der Waals surface area contributed by atoms with Gasteiger partial charge in [0, 0.05) is 19.6 Å². The number of aromatic nitrogens is 1. The Kier molecular flexibility index (Phi) is 4.73. The average Bonchev–Trinajstić information content (AvgIpc) is 2.41. The molecule has 0 bridgehead atoms. The summed E-state index contributed by atoms with van der Waals surface area (Å²) in [5.74, 6) is -0.108. The predicted molar refractivity (Wildman–Crippen MR) is 76.6 cm³/mol. The van der Waals surface area contributed by atoms with Crippen LogP contribution in [0.15, 0.2) is 18.3 Å². The number of nitrogens with two attached hydrogens (primary N) is 1. The van der Waals surface area contributed by atoms with Gasteiger partial charge in [-0.15, -0.1) is 0 Å². The molecule has 0 saturated carbocycles. The van der Waals surface area contributed by atoms with Crippen molar-refractivity contribution in [3.8, 4) is 0 Å². The Balaban J connectivity index is 1.88. The van der Waals surface area contributed by atoms with Gasteiger partial charge in [-0.25, -0.2) is 4.39 Å². The van der Waals surface area contributed by atoms with Crippen molar-refractivity contribution in [2.45, 2.75) is 38.3 Å². The van der Waals surface area contributed by atoms with Crippen LogP contribution in [0.4, 0.5) is 4.39 Å². The highest BCUT2D eigenvalue weighted by molar-refractivity contribution is 5.10. The molecule has 1 fully saturated rings. The zero-order valence-electron chi connectivity index (χ0n) is 12.2. The van der Waals surface area contributed by atoms with Crippen molar-refractivity contribution in [1.29, 1.82) is 0 Å². The maximum absolute atomic E-state index is 12.9. The van der Waals surface area contributed by atoms with E-state index in [1.807, 2.05) is 6.92 Å². The van der Waals surface area contributed by atoms with Gasteiger partial charge in [-0.1, -0.05) is 6.92 Å². The molecule has 0 radical (unpaired) electrons. The van der Waals surface area contributed by atoms with E-state index in [1.165, 1.54) is 12.3 Å². The van der Waals surface area contributed by atoms with Crippen molar-refractivity contribution in [2.75, 3.05) is 19.6 Å². The summed E-state index contributed by atoms with van der Waals surface area (Å²) in [5.41, 5.74) is 6.40. The maximum atomic E-state index is 12.9. The molecule has 2 heterocycles. The highest BCUT2D eigenvalue weighted by Crippen LogP contribution is 2.24. The smallest absolute Gasteiger partial charge is 0.141 e. The summed E-state index contributed by atoms with van der Waals surface area (Å²) in [6.07, 6.45) is 2.80. The molecule has 1 aliphatic heterocycles. The minimum atomic E-state index is -0.527. The molecule has 4 nitrogen and oxygen atoms in total. The molecule has 2 atom stereocenters. The summed E-state index contributed by atoms with van der Waals surface area (Å²) in [6, 6.07) is 2.85. The van der Waals surface area contributed by atoms with E-state index in [4.69, 9.17) is 5.73 Å². The van der Waals surface area contributed by atoms with Crippen LogP contribution in [0.2, 0.25) is 0 Å². The molecular weight excluding hydrogens is 257 g/mol. The predicted octanol–water partition coefficient (Wildman–Crippen LogP) is 1.70. The third kappa shape index (κ3) is 3.98. The molecule has 2 rings (SSSR count). The van der Waals surface area contributed by atoms with Crippen LogP contribution < -0.4 is 5.73 Å². The van der Waals surface area contributed by atoms with Crippen molar-refractivity contribution >= 4 is 0 Å². The first kappa shape index (κ1) is 15.4. The molecule has 3 N–H and O–H groups in total. The third-order valence-electron chi connectivity index (χ3n) is 4.18. The number of rotatable bonds is 4. The number of aliphatic hydroxyl groups is 1. The monoisotopic (exact) mass is 281 g/mol. The topological polar surface area (TPSA) is 62.4 Å². The van der Waals surface area contributed by atoms with Gasteiger partial charge in [-0.05, 0) is 37.8 Å². The molecule has 1 aromatic rings. The first-order valence-corrected chi connectivity index (χ1v) is 7.19. The lowest BCUT2D eigenvalue weighted by Gasteiger charge is -2.37. The Hall–Kier alpha value is -1.04. The van der Waals surface area contributed by atoms with Crippen LogP contribution in [0.1, 0.15) is 38.4 Å². The highest BCUT2D eigenvalue weighted by atomic mass is 19.1. The summed E-state index contributed by atoms with van der Waals surface area (Å²) in [7, 11) is 0. The van der Waals surface area contributed by atoms with Gasteiger partial charge in [-0.3, -0.25) is 4.98 Å². The largest absolute Gasteiger partial charge is 0.390 e. The Bertz CT molecular complexity index is 425. The van der Waals surface area contributed by atoms with Crippen LogP contribution in [0.3, 0.4) is 0 Å². The van der Waals surface area contributed by atoms with Gasteiger partial charge in [-0.2, -0.15) is 0 Å². The summed E-state index contributed by atoms with van der Waals surface area (Å²) in [6.45, 7) is 6.63. The molecule has 0 aromatic carbocycles. The second-order valence-corrected chi connectivity index (χ2v) is 6.20. The van der Waals surface area contributed by atoms with Crippen molar-refractivity contribution in [3.63, 3.8) is 0 Å². The van der Waals surface area contributed by atoms with Gasteiger partial charge in [0.1, 0.15) is 5.82 Å². The zero-order valence-corrected chi connectivity index (χ0v) is 12.2. The first-order chi connectivity index (χ1) is 9.37. The number of likely N-dealkylation sites (tertiary alicyclic amines) is 1. The van der Waals surface area contributed by atoms with E-state index in [0.29, 0.717) is 0 Å². The van der Waals surface area contributed by atoms with Crippen molar-refractivity contribution in [3.05, 3.63) is 29.8 Å². The summed E-state index contributed by atoms with van der Waals surface area (Å²) in [4.78, 5) is 6.38. The summed E-state index contributed by atoms with van der Waals surface area (Å²) in [5, 5.41) is 9.94. The lowest BCUT2D eigenvalue weighted by molar-refractivity contribution is -0.00899. The van der Waals surface area contributed by atoms with Gasteiger partial charge in [0.05, 0.1) is 23.5 Å². The Labute approximate surface area is 119 Å². The SMILES string of the molecule is CC(CN1CCC(C)(O)CC1)C(N)c1ccc(F)cn1. The number of hydrogen-bond donors (Lipinski definition) is 2. The van der Waals surface area contributed by atoms with Gasteiger partial charge >= 0.3 is 0 Å². The summed E-state index contributed by atoms with van der Waals surface area (Å²) < 4.78 is 12.9. The molecule has 5 heteroatoms. The molecule has 2 unspecified atom stereocenters. The van der Waals surface area contributed by atoms with Crippen LogP contribution in [-0.4, -0.2) is 40.2 Å². The fourth-order valence-electron chi connectivity index (χ4n) is 2.61. The number of pyridine rings is 1. The first-order valence-electron chi connectivity index (χ1n) is 7.19. The van der Waals surface area contributed by atoms with Gasteiger partial charge in [0.2, 0.25) is 0 Å². The van der Waals surface area contributed by atoms with Crippen molar-refractivity contribution in [1.82, 2.24) is 9.88 Å². The van der Waals surface area contributed by atoms with Crippen LogP contribution in [0.25, 0.3) is 0 Å². The minimum absolute atomic E-state index is 0.196. The van der Waals surface area contributed by atoms with E-state index < -0.39 is 5.60 Å². The number of halogens is 1. The highest BCUT2D eigenvalue weighted by Gasteiger charge is 2.28. The van der Waals surface area contributed by atoms with E-state index >= 15 is 0 Å². The van der Waals surface area contributed by atoms with Gasteiger partial charge < -0.3 is 15.7 Å². The van der Waals surface area contributed by atoms with E-state index in [2.05, 4.69) is 16.8 Å². The molecule has 20 heavy (non-hydrogen) atoms. The molecular formula is C15H24FN3O. The minimum Gasteiger partial charge on any atom is -0.390 e. The van der Waals surface area contributed by atoms with Crippen LogP contribution in [-0.2, 0) is 0 Å². The molecule has 1 saturated heterocycles.